The minimum absolute atomic E-state index is 0.166. The predicted molar refractivity (Wildman–Crippen MR) is 57.2 cm³/mol. The molecular formula is C8H7IOS. The van der Waals surface area contributed by atoms with Crippen LogP contribution in [0.4, 0.5) is 0 Å². The second-order valence-corrected chi connectivity index (χ2v) is 3.92. The largest absolute Gasteiger partial charge is 0.282 e. The fourth-order valence-electron chi connectivity index (χ4n) is 0.825. The van der Waals surface area contributed by atoms with Crippen LogP contribution in [0.1, 0.15) is 15.9 Å². The van der Waals surface area contributed by atoms with E-state index in [2.05, 4.69) is 35.2 Å². The summed E-state index contributed by atoms with van der Waals surface area (Å²) in [6, 6.07) is 5.73. The van der Waals surface area contributed by atoms with E-state index in [1.165, 1.54) is 0 Å². The van der Waals surface area contributed by atoms with Crippen molar-refractivity contribution in [2.75, 3.05) is 0 Å². The zero-order valence-electron chi connectivity index (χ0n) is 5.97. The highest BCUT2D eigenvalue weighted by Gasteiger charge is 2.03. The van der Waals surface area contributed by atoms with Gasteiger partial charge in [0.2, 0.25) is 5.12 Å². The Morgan fingerprint density at radius 2 is 2.18 bits per heavy atom. The third-order valence-corrected chi connectivity index (χ3v) is 2.34. The van der Waals surface area contributed by atoms with Crippen LogP contribution in [0.2, 0.25) is 0 Å². The molecular weight excluding hydrogens is 271 g/mol. The third kappa shape index (κ3) is 2.20. The first-order chi connectivity index (χ1) is 5.11. The highest BCUT2D eigenvalue weighted by Crippen LogP contribution is 2.14. The van der Waals surface area contributed by atoms with E-state index in [4.69, 9.17) is 0 Å². The molecule has 1 aromatic rings. The summed E-state index contributed by atoms with van der Waals surface area (Å²) >= 11 is 5.93. The van der Waals surface area contributed by atoms with Crippen molar-refractivity contribution in [3.05, 3.63) is 32.9 Å². The van der Waals surface area contributed by atoms with Crippen molar-refractivity contribution in [3.8, 4) is 0 Å². The van der Waals surface area contributed by atoms with Crippen LogP contribution in [0.15, 0.2) is 18.2 Å². The highest BCUT2D eigenvalue weighted by molar-refractivity contribution is 14.1. The molecule has 0 saturated carbocycles. The lowest BCUT2D eigenvalue weighted by Crippen LogP contribution is -1.93. The van der Waals surface area contributed by atoms with E-state index in [9.17, 15) is 4.79 Å². The maximum Gasteiger partial charge on any atom is 0.216 e. The lowest BCUT2D eigenvalue weighted by Gasteiger charge is -1.99. The van der Waals surface area contributed by atoms with Gasteiger partial charge in [-0.25, -0.2) is 0 Å². The van der Waals surface area contributed by atoms with Gasteiger partial charge in [-0.3, -0.25) is 4.79 Å². The number of aryl methyl sites for hydroxylation is 1. The normalized spacial score (nSPS) is 9.73. The van der Waals surface area contributed by atoms with Gasteiger partial charge in [-0.2, -0.15) is 0 Å². The van der Waals surface area contributed by atoms with E-state index in [0.717, 1.165) is 9.13 Å². The molecule has 0 bridgehead atoms. The average Bonchev–Trinajstić information content (AvgIpc) is 1.94. The molecule has 0 radical (unpaired) electrons. The number of hydrogen-bond acceptors (Lipinski definition) is 1. The Morgan fingerprint density at radius 1 is 1.55 bits per heavy atom. The van der Waals surface area contributed by atoms with Gasteiger partial charge in [0.15, 0.2) is 0 Å². The second kappa shape index (κ2) is 3.58. The van der Waals surface area contributed by atoms with Crippen LogP contribution in [0.3, 0.4) is 0 Å². The molecule has 1 nitrogen and oxygen atoms in total. The summed E-state index contributed by atoms with van der Waals surface area (Å²) in [5.41, 5.74) is 1.67. The van der Waals surface area contributed by atoms with Gasteiger partial charge in [0.25, 0.3) is 0 Å². The number of rotatable bonds is 1. The monoisotopic (exact) mass is 278 g/mol. The van der Waals surface area contributed by atoms with Crippen molar-refractivity contribution in [2.24, 2.45) is 0 Å². The molecule has 0 unspecified atom stereocenters. The lowest BCUT2D eigenvalue weighted by atomic mass is 10.1. The van der Waals surface area contributed by atoms with Crippen molar-refractivity contribution in [3.63, 3.8) is 0 Å². The molecule has 0 aromatic heterocycles. The van der Waals surface area contributed by atoms with E-state index in [-0.39, 0.29) is 5.12 Å². The molecule has 0 amide bonds. The Hall–Kier alpha value is -0.0300. The molecule has 0 aliphatic carbocycles. The number of carbonyl (C=O) groups excluding carboxylic acids is 1. The molecule has 0 aliphatic heterocycles. The van der Waals surface area contributed by atoms with E-state index < -0.39 is 0 Å². The van der Waals surface area contributed by atoms with Crippen LogP contribution in [-0.2, 0) is 0 Å². The van der Waals surface area contributed by atoms with Crippen molar-refractivity contribution >= 4 is 40.3 Å². The van der Waals surface area contributed by atoms with Crippen molar-refractivity contribution in [1.29, 1.82) is 0 Å². The lowest BCUT2D eigenvalue weighted by molar-refractivity contribution is 0.109. The highest BCUT2D eigenvalue weighted by atomic mass is 127. The molecule has 58 valence electrons. The van der Waals surface area contributed by atoms with Crippen molar-refractivity contribution in [2.45, 2.75) is 6.92 Å². The Bertz CT molecular complexity index is 296. The second-order valence-electron chi connectivity index (χ2n) is 2.26. The fourth-order valence-corrected chi connectivity index (χ4v) is 1.56. The van der Waals surface area contributed by atoms with Gasteiger partial charge in [0.05, 0.1) is 0 Å². The van der Waals surface area contributed by atoms with Gasteiger partial charge in [0.1, 0.15) is 0 Å². The number of hydrogen-bond donors (Lipinski definition) is 1. The maximum atomic E-state index is 10.9. The number of thiol groups is 1. The summed E-state index contributed by atoms with van der Waals surface area (Å²) in [6.45, 7) is 1.90. The molecule has 0 aliphatic rings. The Morgan fingerprint density at radius 3 is 2.64 bits per heavy atom. The van der Waals surface area contributed by atoms with Gasteiger partial charge in [-0.1, -0.05) is 6.07 Å². The quantitative estimate of drug-likeness (QED) is 0.617. The molecule has 1 rings (SSSR count). The molecule has 0 heterocycles. The summed E-state index contributed by atoms with van der Waals surface area (Å²) < 4.78 is 1.06. The number of halogens is 1. The van der Waals surface area contributed by atoms with Crippen molar-refractivity contribution in [1.82, 2.24) is 0 Å². The first-order valence-corrected chi connectivity index (χ1v) is 4.63. The van der Waals surface area contributed by atoms with Gasteiger partial charge in [-0.15, -0.1) is 12.6 Å². The van der Waals surface area contributed by atoms with E-state index in [1.54, 1.807) is 0 Å². The third-order valence-electron chi connectivity index (χ3n) is 1.43. The number of benzene rings is 1. The fraction of sp³-hybridized carbons (Fsp3) is 0.125. The molecule has 3 heteroatoms. The van der Waals surface area contributed by atoms with Crippen molar-refractivity contribution < 1.29 is 4.79 Å². The van der Waals surface area contributed by atoms with Crippen LogP contribution in [0.25, 0.3) is 0 Å². The van der Waals surface area contributed by atoms with Crippen LogP contribution in [-0.4, -0.2) is 5.12 Å². The van der Waals surface area contributed by atoms with Gasteiger partial charge < -0.3 is 0 Å². The SMILES string of the molecule is Cc1ccc(I)cc1C(=O)S. The van der Waals surface area contributed by atoms with Crippen LogP contribution in [0.5, 0.6) is 0 Å². The average molecular weight is 278 g/mol. The summed E-state index contributed by atoms with van der Waals surface area (Å²) in [5, 5.41) is -0.166. The Balaban J connectivity index is 3.23. The number of carbonyl (C=O) groups is 1. The maximum absolute atomic E-state index is 10.9. The van der Waals surface area contributed by atoms with Crippen LogP contribution >= 0.6 is 35.2 Å². The van der Waals surface area contributed by atoms with E-state index in [0.29, 0.717) is 5.56 Å². The molecule has 0 fully saturated rings. The molecule has 0 N–H and O–H groups in total. The molecule has 0 spiro atoms. The zero-order valence-corrected chi connectivity index (χ0v) is 9.02. The van der Waals surface area contributed by atoms with E-state index >= 15 is 0 Å². The minimum atomic E-state index is -0.166. The Kier molecular flexibility index (Phi) is 2.95. The molecule has 1 aromatic carbocycles. The molecule has 0 atom stereocenters. The summed E-state index contributed by atoms with van der Waals surface area (Å²) in [4.78, 5) is 10.9. The summed E-state index contributed by atoms with van der Waals surface area (Å²) in [5.74, 6) is 0. The summed E-state index contributed by atoms with van der Waals surface area (Å²) in [6.07, 6.45) is 0. The smallest absolute Gasteiger partial charge is 0.216 e. The topological polar surface area (TPSA) is 17.1 Å². The van der Waals surface area contributed by atoms with Crippen LogP contribution in [0, 0.1) is 10.5 Å². The molecule has 0 saturated heterocycles. The Labute approximate surface area is 84.7 Å². The van der Waals surface area contributed by atoms with Crippen LogP contribution < -0.4 is 0 Å². The van der Waals surface area contributed by atoms with Gasteiger partial charge in [-0.05, 0) is 47.2 Å². The van der Waals surface area contributed by atoms with Gasteiger partial charge >= 0.3 is 0 Å². The first-order valence-electron chi connectivity index (χ1n) is 3.10. The zero-order chi connectivity index (χ0) is 8.43. The van der Waals surface area contributed by atoms with E-state index in [1.807, 2.05) is 25.1 Å². The predicted octanol–water partition coefficient (Wildman–Crippen LogP) is 2.67. The first kappa shape index (κ1) is 9.06. The molecule has 11 heavy (non-hydrogen) atoms. The summed E-state index contributed by atoms with van der Waals surface area (Å²) in [7, 11) is 0. The standard InChI is InChI=1S/C8H7IOS/c1-5-2-3-6(9)4-7(5)8(10)11/h2-4H,1H3,(H,10,11). The van der Waals surface area contributed by atoms with Gasteiger partial charge in [0, 0.05) is 9.13 Å². The minimum Gasteiger partial charge on any atom is -0.282 e.